The maximum Gasteiger partial charge on any atom is 0.141 e. The minimum absolute atomic E-state index is 0.160. The number of hydrogen-bond acceptors (Lipinski definition) is 1. The molecule has 1 N–H and O–H groups in total. The molecule has 17 heavy (non-hydrogen) atoms. The lowest BCUT2D eigenvalue weighted by molar-refractivity contribution is 0.237. The molecule has 1 unspecified atom stereocenters. The number of hydrogen-bond donors (Lipinski definition) is 1. The van der Waals surface area contributed by atoms with Gasteiger partial charge in [0.15, 0.2) is 0 Å². The highest BCUT2D eigenvalue weighted by Crippen LogP contribution is 2.19. The van der Waals surface area contributed by atoms with Gasteiger partial charge in [-0.25, -0.2) is 4.39 Å². The minimum atomic E-state index is -1.13. The van der Waals surface area contributed by atoms with Crippen LogP contribution in [0.25, 0.3) is 0 Å². The Kier molecular flexibility index (Phi) is 3.94. The summed E-state index contributed by atoms with van der Waals surface area (Å²) >= 11 is 0. The van der Waals surface area contributed by atoms with Crippen LogP contribution in [0.1, 0.15) is 38.0 Å². The van der Waals surface area contributed by atoms with Crippen molar-refractivity contribution in [3.63, 3.8) is 0 Å². The standard InChI is InChI=1S/C15H15FO/c1-5-14(17)13-10-12(16)7-6-11(13)8-9-15(2,3)4/h1,6-7,10,14,17H,2-4H3. The molecular formula is C15H15FO. The van der Waals surface area contributed by atoms with E-state index in [1.807, 2.05) is 20.8 Å². The quantitative estimate of drug-likeness (QED) is 0.735. The first kappa shape index (κ1) is 13.3. The normalized spacial score (nSPS) is 12.2. The third-order valence-corrected chi connectivity index (χ3v) is 2.04. The van der Waals surface area contributed by atoms with Gasteiger partial charge in [0.05, 0.1) is 0 Å². The molecule has 0 aliphatic rings. The summed E-state index contributed by atoms with van der Waals surface area (Å²) in [5.74, 6) is 7.68. The Hall–Kier alpha value is -1.77. The molecule has 1 aromatic carbocycles. The first-order valence-corrected chi connectivity index (χ1v) is 5.30. The summed E-state index contributed by atoms with van der Waals surface area (Å²) in [4.78, 5) is 0. The van der Waals surface area contributed by atoms with Crippen molar-refractivity contribution in [1.29, 1.82) is 0 Å². The van der Waals surface area contributed by atoms with Crippen molar-refractivity contribution in [3.8, 4) is 24.2 Å². The van der Waals surface area contributed by atoms with Gasteiger partial charge in [-0.2, -0.15) is 0 Å². The number of aliphatic hydroxyl groups is 1. The second-order valence-electron chi connectivity index (χ2n) is 4.80. The second-order valence-corrected chi connectivity index (χ2v) is 4.80. The van der Waals surface area contributed by atoms with Gasteiger partial charge in [-0.15, -0.1) is 6.42 Å². The molecule has 2 heteroatoms. The maximum absolute atomic E-state index is 13.1. The summed E-state index contributed by atoms with van der Waals surface area (Å²) in [6.07, 6.45) is 4.00. The Bertz CT molecular complexity index is 506. The molecule has 0 aliphatic heterocycles. The molecule has 1 rings (SSSR count). The van der Waals surface area contributed by atoms with Crippen LogP contribution in [0.4, 0.5) is 4.39 Å². The minimum Gasteiger partial charge on any atom is -0.376 e. The van der Waals surface area contributed by atoms with E-state index in [4.69, 9.17) is 6.42 Å². The van der Waals surface area contributed by atoms with Crippen molar-refractivity contribution in [2.24, 2.45) is 5.41 Å². The lowest BCUT2D eigenvalue weighted by Crippen LogP contribution is -2.02. The van der Waals surface area contributed by atoms with E-state index in [1.54, 1.807) is 0 Å². The first-order chi connectivity index (χ1) is 7.83. The molecule has 0 bridgehead atoms. The Labute approximate surface area is 102 Å². The van der Waals surface area contributed by atoms with Crippen molar-refractivity contribution in [2.45, 2.75) is 26.9 Å². The van der Waals surface area contributed by atoms with Crippen molar-refractivity contribution in [2.75, 3.05) is 0 Å². The summed E-state index contributed by atoms with van der Waals surface area (Å²) < 4.78 is 13.1. The average Bonchev–Trinajstić information content (AvgIpc) is 2.25. The molecule has 1 aromatic rings. The molecule has 0 saturated heterocycles. The van der Waals surface area contributed by atoms with Gasteiger partial charge in [-0.05, 0) is 39.0 Å². The monoisotopic (exact) mass is 230 g/mol. The van der Waals surface area contributed by atoms with Gasteiger partial charge in [0, 0.05) is 16.5 Å². The highest BCUT2D eigenvalue weighted by molar-refractivity contribution is 5.45. The van der Waals surface area contributed by atoms with E-state index in [2.05, 4.69) is 17.8 Å². The van der Waals surface area contributed by atoms with Gasteiger partial charge in [0.1, 0.15) is 11.9 Å². The van der Waals surface area contributed by atoms with Crippen LogP contribution >= 0.6 is 0 Å². The number of halogens is 1. The predicted molar refractivity (Wildman–Crippen MR) is 66.5 cm³/mol. The molecule has 0 radical (unpaired) electrons. The fourth-order valence-electron chi connectivity index (χ4n) is 1.22. The van der Waals surface area contributed by atoms with Gasteiger partial charge in [0.2, 0.25) is 0 Å². The summed E-state index contributed by atoms with van der Waals surface area (Å²) in [6, 6.07) is 4.06. The van der Waals surface area contributed by atoms with Crippen LogP contribution in [0, 0.1) is 35.4 Å². The predicted octanol–water partition coefficient (Wildman–Crippen LogP) is 2.89. The number of terminal acetylenes is 1. The third-order valence-electron chi connectivity index (χ3n) is 2.04. The fourth-order valence-corrected chi connectivity index (χ4v) is 1.22. The van der Waals surface area contributed by atoms with Crippen molar-refractivity contribution in [3.05, 3.63) is 35.1 Å². The van der Waals surface area contributed by atoms with Gasteiger partial charge in [-0.3, -0.25) is 0 Å². The lowest BCUT2D eigenvalue weighted by atomic mass is 9.96. The molecule has 0 heterocycles. The Morgan fingerprint density at radius 1 is 1.35 bits per heavy atom. The zero-order valence-corrected chi connectivity index (χ0v) is 10.2. The van der Waals surface area contributed by atoms with Crippen LogP contribution in [0.5, 0.6) is 0 Å². The molecule has 0 fully saturated rings. The maximum atomic E-state index is 13.1. The van der Waals surface area contributed by atoms with Crippen LogP contribution in [-0.4, -0.2) is 5.11 Å². The number of aliphatic hydroxyl groups excluding tert-OH is 1. The molecular weight excluding hydrogens is 215 g/mol. The van der Waals surface area contributed by atoms with Gasteiger partial charge in [-0.1, -0.05) is 17.8 Å². The second kappa shape index (κ2) is 5.04. The molecule has 0 aliphatic carbocycles. The summed E-state index contributed by atoms with van der Waals surface area (Å²) in [5, 5.41) is 9.59. The average molecular weight is 230 g/mol. The Morgan fingerprint density at radius 3 is 2.53 bits per heavy atom. The van der Waals surface area contributed by atoms with E-state index >= 15 is 0 Å². The fraction of sp³-hybridized carbons (Fsp3) is 0.333. The van der Waals surface area contributed by atoms with Crippen LogP contribution < -0.4 is 0 Å². The topological polar surface area (TPSA) is 20.2 Å². The van der Waals surface area contributed by atoms with E-state index in [-0.39, 0.29) is 5.41 Å². The molecule has 0 amide bonds. The first-order valence-electron chi connectivity index (χ1n) is 5.30. The van der Waals surface area contributed by atoms with Crippen LogP contribution in [0.2, 0.25) is 0 Å². The Morgan fingerprint density at radius 2 is 2.00 bits per heavy atom. The zero-order valence-electron chi connectivity index (χ0n) is 10.2. The molecule has 1 nitrogen and oxygen atoms in total. The molecule has 88 valence electrons. The zero-order chi connectivity index (χ0) is 13.1. The summed E-state index contributed by atoms with van der Waals surface area (Å²) in [7, 11) is 0. The van der Waals surface area contributed by atoms with Crippen LogP contribution in [-0.2, 0) is 0 Å². The molecule has 0 aromatic heterocycles. The smallest absolute Gasteiger partial charge is 0.141 e. The molecule has 0 saturated carbocycles. The van der Waals surface area contributed by atoms with Gasteiger partial charge >= 0.3 is 0 Å². The van der Waals surface area contributed by atoms with Crippen molar-refractivity contribution >= 4 is 0 Å². The van der Waals surface area contributed by atoms with E-state index in [0.29, 0.717) is 11.1 Å². The SMILES string of the molecule is C#CC(O)c1cc(F)ccc1C#CC(C)(C)C. The Balaban J connectivity index is 3.24. The van der Waals surface area contributed by atoms with Gasteiger partial charge in [0.25, 0.3) is 0 Å². The summed E-state index contributed by atoms with van der Waals surface area (Å²) in [6.45, 7) is 5.92. The molecule has 0 spiro atoms. The van der Waals surface area contributed by atoms with Gasteiger partial charge < -0.3 is 5.11 Å². The highest BCUT2D eigenvalue weighted by Gasteiger charge is 2.10. The van der Waals surface area contributed by atoms with E-state index < -0.39 is 11.9 Å². The van der Waals surface area contributed by atoms with E-state index in [9.17, 15) is 9.50 Å². The van der Waals surface area contributed by atoms with Crippen LogP contribution in [0.3, 0.4) is 0 Å². The van der Waals surface area contributed by atoms with Crippen molar-refractivity contribution in [1.82, 2.24) is 0 Å². The number of benzene rings is 1. The van der Waals surface area contributed by atoms with Crippen molar-refractivity contribution < 1.29 is 9.50 Å². The molecule has 1 atom stereocenters. The summed E-state index contributed by atoms with van der Waals surface area (Å²) in [5.41, 5.74) is 0.739. The van der Waals surface area contributed by atoms with Crippen LogP contribution in [0.15, 0.2) is 18.2 Å². The van der Waals surface area contributed by atoms with E-state index in [0.717, 1.165) is 0 Å². The largest absolute Gasteiger partial charge is 0.376 e. The highest BCUT2D eigenvalue weighted by atomic mass is 19.1. The lowest BCUT2D eigenvalue weighted by Gasteiger charge is -2.09. The number of rotatable bonds is 1. The van der Waals surface area contributed by atoms with E-state index in [1.165, 1.54) is 18.2 Å². The third kappa shape index (κ3) is 3.94.